The van der Waals surface area contributed by atoms with Gasteiger partial charge < -0.3 is 9.64 Å². The molecule has 0 saturated carbocycles. The highest BCUT2D eigenvalue weighted by atomic mass is 28.3. The van der Waals surface area contributed by atoms with E-state index >= 15 is 8.78 Å². The highest BCUT2D eigenvalue weighted by molar-refractivity contribution is 6.76. The lowest BCUT2D eigenvalue weighted by molar-refractivity contribution is -0.122. The molecule has 2 aromatic carbocycles. The Hall–Kier alpha value is -3.88. The molecule has 1 fully saturated rings. The third-order valence-corrected chi connectivity index (χ3v) is 8.56. The number of hydrogen-bond donors (Lipinski definition) is 0. The predicted octanol–water partition coefficient (Wildman–Crippen LogP) is 5.72. The van der Waals surface area contributed by atoms with Crippen LogP contribution in [0.3, 0.4) is 0 Å². The predicted molar refractivity (Wildman–Crippen MR) is 148 cm³/mol. The maximum absolute atomic E-state index is 15.1. The van der Waals surface area contributed by atoms with E-state index in [1.165, 1.54) is 30.1 Å². The minimum atomic E-state index is -1.23. The van der Waals surface area contributed by atoms with E-state index in [0.717, 1.165) is 18.2 Å². The number of hydrogen-bond acceptors (Lipinski definition) is 4. The van der Waals surface area contributed by atoms with E-state index in [-0.39, 0.29) is 18.7 Å². The number of anilines is 1. The number of rotatable bonds is 7. The quantitative estimate of drug-likeness (QED) is 0.208. The van der Waals surface area contributed by atoms with Crippen molar-refractivity contribution in [2.24, 2.45) is 0 Å². The van der Waals surface area contributed by atoms with Crippen LogP contribution in [0.4, 0.5) is 23.7 Å². The van der Waals surface area contributed by atoms with Crippen molar-refractivity contribution < 1.29 is 27.5 Å². The molecule has 3 aromatic rings. The molecule has 0 N–H and O–H groups in total. The van der Waals surface area contributed by atoms with E-state index in [2.05, 4.69) is 36.6 Å². The third kappa shape index (κ3) is 6.29. The summed E-state index contributed by atoms with van der Waals surface area (Å²) in [6, 6.07) is 7.47. The zero-order valence-electron chi connectivity index (χ0n) is 23.1. The first-order valence-electron chi connectivity index (χ1n) is 12.8. The first kappa shape index (κ1) is 29.1. The number of urea groups is 1. The van der Waals surface area contributed by atoms with E-state index in [9.17, 15) is 14.0 Å². The van der Waals surface area contributed by atoms with E-state index in [4.69, 9.17) is 4.74 Å². The monoisotopic (exact) mass is 568 g/mol. The molecule has 1 saturated heterocycles. The minimum Gasteiger partial charge on any atom is -0.360 e. The summed E-state index contributed by atoms with van der Waals surface area (Å²) in [4.78, 5) is 28.4. The molecule has 0 bridgehead atoms. The molecule has 1 aromatic heterocycles. The van der Waals surface area contributed by atoms with E-state index < -0.39 is 48.7 Å². The Morgan fingerprint density at radius 2 is 1.73 bits per heavy atom. The van der Waals surface area contributed by atoms with Crippen LogP contribution in [0.5, 0.6) is 0 Å². The van der Waals surface area contributed by atoms with Gasteiger partial charge in [0.05, 0.1) is 18.2 Å². The number of ether oxygens (including phenoxy) is 1. The zero-order valence-corrected chi connectivity index (χ0v) is 24.1. The van der Waals surface area contributed by atoms with E-state index in [0.29, 0.717) is 22.6 Å². The molecule has 1 aliphatic heterocycles. The minimum absolute atomic E-state index is 0.0300. The van der Waals surface area contributed by atoms with Crippen molar-refractivity contribution in [1.82, 2.24) is 14.7 Å². The molecule has 0 radical (unpaired) electrons. The normalized spacial score (nSPS) is 17.7. The van der Waals surface area contributed by atoms with Gasteiger partial charge in [0, 0.05) is 44.6 Å². The first-order chi connectivity index (χ1) is 18.8. The lowest BCUT2D eigenvalue weighted by atomic mass is 9.87. The van der Waals surface area contributed by atoms with E-state index in [1.54, 1.807) is 30.1 Å². The Kier molecular flexibility index (Phi) is 8.23. The Labute approximate surface area is 232 Å². The molecule has 40 heavy (non-hydrogen) atoms. The van der Waals surface area contributed by atoms with Crippen molar-refractivity contribution in [1.29, 1.82) is 0 Å². The SMILES string of the molecule is CN1C(=O)N(c2c(F)cc(C#Cc3cccc(F)c3)cc2F)C(=O)CC1(C)c1cnn(COCC[Si](C)(C)C)c1. The zero-order chi connectivity index (χ0) is 29.2. The van der Waals surface area contributed by atoms with Crippen LogP contribution in [-0.2, 0) is 21.8 Å². The Bertz CT molecular complexity index is 1480. The number of carbonyl (C=O) groups is 2. The second-order valence-electron chi connectivity index (χ2n) is 11.2. The second-order valence-corrected chi connectivity index (χ2v) is 16.8. The molecule has 7 nitrogen and oxygen atoms in total. The molecule has 11 heteroatoms. The molecule has 4 rings (SSSR count). The van der Waals surface area contributed by atoms with Gasteiger partial charge >= 0.3 is 6.03 Å². The van der Waals surface area contributed by atoms with Crippen molar-refractivity contribution in [3.63, 3.8) is 0 Å². The molecule has 3 amide bonds. The average molecular weight is 569 g/mol. The van der Waals surface area contributed by atoms with Gasteiger partial charge in [-0.05, 0) is 43.3 Å². The molecule has 1 aliphatic rings. The maximum Gasteiger partial charge on any atom is 0.332 e. The van der Waals surface area contributed by atoms with Gasteiger partial charge in [-0.2, -0.15) is 5.10 Å². The van der Waals surface area contributed by atoms with Crippen molar-refractivity contribution in [3.05, 3.63) is 82.9 Å². The number of imide groups is 1. The number of amides is 3. The molecule has 0 spiro atoms. The first-order valence-corrected chi connectivity index (χ1v) is 16.5. The summed E-state index contributed by atoms with van der Waals surface area (Å²) in [5.74, 6) is 1.73. The van der Waals surface area contributed by atoms with Gasteiger partial charge in [0.25, 0.3) is 0 Å². The van der Waals surface area contributed by atoms with Crippen molar-refractivity contribution in [2.75, 3.05) is 18.6 Å². The number of nitrogens with zero attached hydrogens (tertiary/aromatic N) is 4. The molecule has 2 heterocycles. The van der Waals surface area contributed by atoms with Gasteiger partial charge in [-0.25, -0.2) is 27.5 Å². The molecular weight excluding hydrogens is 537 g/mol. The average Bonchev–Trinajstić information content (AvgIpc) is 3.35. The molecular formula is C29H31F3N4O3Si. The fourth-order valence-corrected chi connectivity index (χ4v) is 5.04. The van der Waals surface area contributed by atoms with Crippen LogP contribution in [-0.4, -0.2) is 48.3 Å². The van der Waals surface area contributed by atoms with Crippen LogP contribution in [0.1, 0.15) is 30.0 Å². The van der Waals surface area contributed by atoms with E-state index in [1.807, 2.05) is 0 Å². The molecule has 0 aliphatic carbocycles. The smallest absolute Gasteiger partial charge is 0.332 e. The topological polar surface area (TPSA) is 67.7 Å². The van der Waals surface area contributed by atoms with Crippen LogP contribution in [0, 0.1) is 29.3 Å². The summed E-state index contributed by atoms with van der Waals surface area (Å²) >= 11 is 0. The number of benzene rings is 2. The second kappa shape index (κ2) is 11.3. The number of aromatic nitrogens is 2. The standard InChI is InChI=1S/C29H31F3N4O3Si/c1-29(22-17-33-35(18-22)19-39-11-12-40(3,4)5)16-26(37)36(28(38)34(29)2)27-24(31)14-21(15-25(27)32)10-9-20-7-6-8-23(30)13-20/h6-8,13-15,17-18H,11-12,16,19H2,1-5H3. The number of carbonyl (C=O) groups excluding carboxylic acids is 2. The highest BCUT2D eigenvalue weighted by Gasteiger charge is 2.48. The lowest BCUT2D eigenvalue weighted by Crippen LogP contribution is -2.60. The van der Waals surface area contributed by atoms with Crippen molar-refractivity contribution in [3.8, 4) is 11.8 Å². The fraction of sp³-hybridized carbons (Fsp3) is 0.345. The van der Waals surface area contributed by atoms with Crippen LogP contribution >= 0.6 is 0 Å². The van der Waals surface area contributed by atoms with Crippen LogP contribution in [0.25, 0.3) is 0 Å². The largest absolute Gasteiger partial charge is 0.360 e. The Morgan fingerprint density at radius 3 is 2.38 bits per heavy atom. The summed E-state index contributed by atoms with van der Waals surface area (Å²) in [6.45, 7) is 9.31. The van der Waals surface area contributed by atoms with Gasteiger partial charge in [0.1, 0.15) is 18.2 Å². The third-order valence-electron chi connectivity index (χ3n) is 6.85. The van der Waals surface area contributed by atoms with Gasteiger partial charge in [-0.3, -0.25) is 4.79 Å². The van der Waals surface area contributed by atoms with Crippen LogP contribution in [0.2, 0.25) is 25.7 Å². The van der Waals surface area contributed by atoms with Gasteiger partial charge in [-0.15, -0.1) is 0 Å². The van der Waals surface area contributed by atoms with Gasteiger partial charge in [0.2, 0.25) is 5.91 Å². The molecule has 1 atom stereocenters. The van der Waals surface area contributed by atoms with Crippen LogP contribution < -0.4 is 4.90 Å². The number of halogens is 3. The lowest BCUT2D eigenvalue weighted by Gasteiger charge is -2.45. The van der Waals surface area contributed by atoms with Crippen molar-refractivity contribution in [2.45, 2.75) is 51.3 Å². The summed E-state index contributed by atoms with van der Waals surface area (Å²) in [5, 5.41) is 4.30. The Morgan fingerprint density at radius 1 is 1.05 bits per heavy atom. The summed E-state index contributed by atoms with van der Waals surface area (Å²) in [6.07, 6.45) is 3.04. The van der Waals surface area contributed by atoms with Crippen molar-refractivity contribution >= 4 is 25.7 Å². The van der Waals surface area contributed by atoms with Gasteiger partial charge in [0.15, 0.2) is 11.6 Å². The molecule has 1 unspecified atom stereocenters. The fourth-order valence-electron chi connectivity index (χ4n) is 4.29. The summed E-state index contributed by atoms with van der Waals surface area (Å²) < 4.78 is 51.0. The maximum atomic E-state index is 15.1. The Balaban J connectivity index is 1.52. The summed E-state index contributed by atoms with van der Waals surface area (Å²) in [7, 11) is 0.237. The molecule has 210 valence electrons. The van der Waals surface area contributed by atoms with Gasteiger partial charge in [-0.1, -0.05) is 37.5 Å². The highest BCUT2D eigenvalue weighted by Crippen LogP contribution is 2.39. The summed E-state index contributed by atoms with van der Waals surface area (Å²) in [5.41, 5.74) is -0.975. The van der Waals surface area contributed by atoms with Crippen LogP contribution in [0.15, 0.2) is 48.8 Å².